The molecule has 11 heteroatoms. The molecular weight excluding hydrogens is 478 g/mol. The highest BCUT2D eigenvalue weighted by molar-refractivity contribution is 7.86. The fraction of sp³-hybridized carbons (Fsp3) is 0.0417. The fourth-order valence-electron chi connectivity index (χ4n) is 3.61. The third kappa shape index (κ3) is 4.28. The van der Waals surface area contributed by atoms with Crippen molar-refractivity contribution >= 4 is 27.8 Å². The molecule has 3 aromatic carbocycles. The van der Waals surface area contributed by atoms with Gasteiger partial charge in [-0.25, -0.2) is 18.0 Å². The number of aromatic nitrogens is 3. The predicted molar refractivity (Wildman–Crippen MR) is 126 cm³/mol. The van der Waals surface area contributed by atoms with Gasteiger partial charge in [-0.3, -0.25) is 14.1 Å². The molecule has 2 aromatic heterocycles. The lowest BCUT2D eigenvalue weighted by Gasteiger charge is -2.16. The second-order valence-electron chi connectivity index (χ2n) is 7.35. The molecule has 0 amide bonds. The Morgan fingerprint density at radius 1 is 1.06 bits per heavy atom. The SMILES string of the molecule is COc1cc(-c2ccc(F)cc2)c(F)cc1-n1c(=O)cnc2cc(S(=O)Nc3ccon3)ccc21. The van der Waals surface area contributed by atoms with E-state index in [1.54, 1.807) is 18.2 Å². The zero-order chi connectivity index (χ0) is 24.5. The van der Waals surface area contributed by atoms with Crippen molar-refractivity contribution in [2.75, 3.05) is 11.8 Å². The number of nitrogens with one attached hydrogen (secondary N) is 1. The summed E-state index contributed by atoms with van der Waals surface area (Å²) >= 11 is 0. The summed E-state index contributed by atoms with van der Waals surface area (Å²) in [5.41, 5.74) is 0.984. The van der Waals surface area contributed by atoms with E-state index in [2.05, 4.69) is 14.9 Å². The Balaban J connectivity index is 1.61. The van der Waals surface area contributed by atoms with Crippen LogP contribution in [0.2, 0.25) is 0 Å². The van der Waals surface area contributed by atoms with E-state index in [-0.39, 0.29) is 17.0 Å². The van der Waals surface area contributed by atoms with Crippen LogP contribution in [0.15, 0.2) is 87.3 Å². The van der Waals surface area contributed by atoms with Crippen molar-refractivity contribution in [2.24, 2.45) is 0 Å². The monoisotopic (exact) mass is 494 g/mol. The quantitative estimate of drug-likeness (QED) is 0.374. The number of methoxy groups -OCH3 is 1. The molecule has 0 radical (unpaired) electrons. The van der Waals surface area contributed by atoms with Gasteiger partial charge in [0.05, 0.1) is 34.9 Å². The molecule has 0 spiro atoms. The Bertz CT molecular complexity index is 1620. The first-order valence-electron chi connectivity index (χ1n) is 10.2. The molecule has 0 aliphatic heterocycles. The minimum atomic E-state index is -1.67. The molecule has 0 fully saturated rings. The van der Waals surface area contributed by atoms with E-state index >= 15 is 4.39 Å². The molecule has 1 unspecified atom stereocenters. The molecule has 8 nitrogen and oxygen atoms in total. The molecule has 0 saturated heterocycles. The summed E-state index contributed by atoms with van der Waals surface area (Å²) in [6.07, 6.45) is 2.43. The largest absolute Gasteiger partial charge is 0.495 e. The highest BCUT2D eigenvalue weighted by Crippen LogP contribution is 2.33. The van der Waals surface area contributed by atoms with Crippen LogP contribution in [0.1, 0.15) is 0 Å². The Labute approximate surface area is 199 Å². The average molecular weight is 494 g/mol. The molecule has 2 heterocycles. The van der Waals surface area contributed by atoms with Crippen molar-refractivity contribution in [2.45, 2.75) is 4.90 Å². The number of fused-ring (bicyclic) bond motifs is 1. The molecule has 0 bridgehead atoms. The van der Waals surface area contributed by atoms with Gasteiger partial charge < -0.3 is 9.26 Å². The van der Waals surface area contributed by atoms with Gasteiger partial charge in [-0.15, -0.1) is 0 Å². The van der Waals surface area contributed by atoms with Crippen LogP contribution in [0.3, 0.4) is 0 Å². The van der Waals surface area contributed by atoms with Gasteiger partial charge in [0.15, 0.2) is 16.8 Å². The Kier molecular flexibility index (Phi) is 5.83. The molecule has 0 aliphatic carbocycles. The van der Waals surface area contributed by atoms with Crippen molar-refractivity contribution in [1.29, 1.82) is 0 Å². The Morgan fingerprint density at radius 3 is 2.57 bits per heavy atom. The van der Waals surface area contributed by atoms with Crippen molar-refractivity contribution in [1.82, 2.24) is 14.7 Å². The molecule has 35 heavy (non-hydrogen) atoms. The lowest BCUT2D eigenvalue weighted by Crippen LogP contribution is -2.20. The van der Waals surface area contributed by atoms with Gasteiger partial charge >= 0.3 is 0 Å². The van der Waals surface area contributed by atoms with Gasteiger partial charge in [-0.05, 0) is 42.0 Å². The normalized spacial score (nSPS) is 12.0. The first-order chi connectivity index (χ1) is 16.9. The summed E-state index contributed by atoms with van der Waals surface area (Å²) in [6.45, 7) is 0. The van der Waals surface area contributed by atoms with Crippen LogP contribution in [0.25, 0.3) is 27.8 Å². The maximum absolute atomic E-state index is 15.2. The van der Waals surface area contributed by atoms with E-state index in [0.717, 1.165) is 6.20 Å². The Morgan fingerprint density at radius 2 is 1.86 bits per heavy atom. The molecule has 1 N–H and O–H groups in total. The van der Waals surface area contributed by atoms with Crippen LogP contribution < -0.4 is 15.0 Å². The standard InChI is InChI=1S/C24H16F2N4O4S/c1-33-22-11-17(14-2-4-15(25)5-3-14)18(26)12-21(22)30-20-7-6-16(10-19(20)27-13-24(30)31)35(32)29-23-8-9-34-28-23/h2-13H,1H3,(H,28,29). The minimum absolute atomic E-state index is 0.155. The maximum Gasteiger partial charge on any atom is 0.274 e. The van der Waals surface area contributed by atoms with Gasteiger partial charge in [-0.1, -0.05) is 17.3 Å². The molecular formula is C24H16F2N4O4S. The third-order valence-corrected chi connectivity index (χ3v) is 6.31. The highest BCUT2D eigenvalue weighted by Gasteiger charge is 2.18. The zero-order valence-electron chi connectivity index (χ0n) is 18.1. The summed E-state index contributed by atoms with van der Waals surface area (Å²) in [5, 5.41) is 3.66. The topological polar surface area (TPSA) is 99.2 Å². The summed E-state index contributed by atoms with van der Waals surface area (Å²) in [5.74, 6) is -0.550. The molecule has 1 atom stereocenters. The number of anilines is 1. The third-order valence-electron chi connectivity index (χ3n) is 5.24. The first kappa shape index (κ1) is 22.4. The van der Waals surface area contributed by atoms with Gasteiger partial charge in [-0.2, -0.15) is 0 Å². The second-order valence-corrected chi connectivity index (χ2v) is 8.56. The Hall–Kier alpha value is -4.38. The molecule has 0 saturated carbocycles. The van der Waals surface area contributed by atoms with E-state index in [1.165, 1.54) is 60.4 Å². The highest BCUT2D eigenvalue weighted by atomic mass is 32.2. The number of nitrogens with zero attached hydrogens (tertiary/aromatic N) is 3. The van der Waals surface area contributed by atoms with Gasteiger partial charge in [0, 0.05) is 17.7 Å². The maximum atomic E-state index is 15.2. The zero-order valence-corrected chi connectivity index (χ0v) is 18.9. The van der Waals surface area contributed by atoms with E-state index in [9.17, 15) is 13.4 Å². The van der Waals surface area contributed by atoms with Crippen LogP contribution in [0.4, 0.5) is 14.6 Å². The van der Waals surface area contributed by atoms with Crippen LogP contribution in [-0.4, -0.2) is 26.0 Å². The van der Waals surface area contributed by atoms with Crippen molar-refractivity contribution in [3.63, 3.8) is 0 Å². The predicted octanol–water partition coefficient (Wildman–Crippen LogP) is 4.46. The number of rotatable bonds is 6. The molecule has 5 rings (SSSR count). The molecule has 176 valence electrons. The van der Waals surface area contributed by atoms with Crippen LogP contribution in [-0.2, 0) is 11.0 Å². The van der Waals surface area contributed by atoms with E-state index in [1.807, 2.05) is 0 Å². The van der Waals surface area contributed by atoms with E-state index < -0.39 is 28.2 Å². The molecule has 5 aromatic rings. The van der Waals surface area contributed by atoms with E-state index in [0.29, 0.717) is 27.3 Å². The first-order valence-corrected chi connectivity index (χ1v) is 11.3. The van der Waals surface area contributed by atoms with Gasteiger partial charge in [0.1, 0.15) is 23.6 Å². The summed E-state index contributed by atoms with van der Waals surface area (Å²) in [6, 6.07) is 14.2. The van der Waals surface area contributed by atoms with Crippen molar-refractivity contribution < 1.29 is 22.2 Å². The minimum Gasteiger partial charge on any atom is -0.495 e. The second kappa shape index (κ2) is 9.11. The number of halogens is 2. The molecule has 0 aliphatic rings. The van der Waals surface area contributed by atoms with Crippen molar-refractivity contribution in [3.05, 3.63) is 95.1 Å². The van der Waals surface area contributed by atoms with Crippen LogP contribution in [0.5, 0.6) is 5.75 Å². The lowest BCUT2D eigenvalue weighted by atomic mass is 10.0. The lowest BCUT2D eigenvalue weighted by molar-refractivity contribution is 0.412. The van der Waals surface area contributed by atoms with Gasteiger partial charge in [0.25, 0.3) is 5.56 Å². The average Bonchev–Trinajstić information content (AvgIpc) is 3.37. The van der Waals surface area contributed by atoms with E-state index in [4.69, 9.17) is 9.26 Å². The number of hydrogen-bond acceptors (Lipinski definition) is 6. The fourth-order valence-corrected chi connectivity index (χ4v) is 4.44. The summed E-state index contributed by atoms with van der Waals surface area (Å²) < 4.78 is 55.3. The van der Waals surface area contributed by atoms with Gasteiger partial charge in [0.2, 0.25) is 0 Å². The van der Waals surface area contributed by atoms with Crippen LogP contribution in [0, 0.1) is 11.6 Å². The van der Waals surface area contributed by atoms with Crippen LogP contribution >= 0.6 is 0 Å². The summed E-state index contributed by atoms with van der Waals surface area (Å²) in [7, 11) is -0.273. The number of hydrogen-bond donors (Lipinski definition) is 1. The summed E-state index contributed by atoms with van der Waals surface area (Å²) in [4.78, 5) is 17.4. The number of ether oxygens (including phenoxy) is 1. The number of benzene rings is 3. The van der Waals surface area contributed by atoms with Crippen molar-refractivity contribution in [3.8, 4) is 22.6 Å². The smallest absolute Gasteiger partial charge is 0.274 e.